The quantitative estimate of drug-likeness (QED) is 0.837. The van der Waals surface area contributed by atoms with Gasteiger partial charge in [-0.15, -0.1) is 0 Å². The molecule has 0 fully saturated rings. The van der Waals surface area contributed by atoms with E-state index in [4.69, 9.17) is 0 Å². The number of rotatable bonds is 5. The Kier molecular flexibility index (Phi) is 5.42. The van der Waals surface area contributed by atoms with Gasteiger partial charge in [-0.2, -0.15) is 0 Å². The van der Waals surface area contributed by atoms with Crippen LogP contribution in [0.15, 0.2) is 18.2 Å². The van der Waals surface area contributed by atoms with Crippen molar-refractivity contribution in [2.45, 2.75) is 32.9 Å². The number of hydrogen-bond acceptors (Lipinski definition) is 3. The molecule has 5 heteroatoms. The highest BCUT2D eigenvalue weighted by Gasteiger charge is 2.27. The molecule has 3 nitrogen and oxygen atoms in total. The first-order valence-electron chi connectivity index (χ1n) is 6.16. The molecule has 2 unspecified atom stereocenters. The van der Waals surface area contributed by atoms with E-state index >= 15 is 0 Å². The molecule has 0 saturated heterocycles. The fourth-order valence-electron chi connectivity index (χ4n) is 1.94. The van der Waals surface area contributed by atoms with Crippen LogP contribution in [0.5, 0.6) is 0 Å². The smallest absolute Gasteiger partial charge is 0.323 e. The maximum absolute atomic E-state index is 13.6. The summed E-state index contributed by atoms with van der Waals surface area (Å²) in [7, 11) is 1.29. The zero-order valence-electron chi connectivity index (χ0n) is 11.5. The SMILES string of the molecule is COC(=O)C(NC(C)c1c(F)cccc1F)C(C)C. The van der Waals surface area contributed by atoms with E-state index in [1.165, 1.54) is 25.3 Å². The molecule has 0 spiro atoms. The number of ether oxygens (including phenoxy) is 1. The van der Waals surface area contributed by atoms with Crippen molar-refractivity contribution in [3.05, 3.63) is 35.4 Å². The van der Waals surface area contributed by atoms with Crippen LogP contribution in [0.25, 0.3) is 0 Å². The third kappa shape index (κ3) is 3.73. The molecule has 0 saturated carbocycles. The van der Waals surface area contributed by atoms with Crippen LogP contribution in [0.2, 0.25) is 0 Å². The molecular weight excluding hydrogens is 252 g/mol. The fourth-order valence-corrected chi connectivity index (χ4v) is 1.94. The number of benzene rings is 1. The largest absolute Gasteiger partial charge is 0.468 e. The summed E-state index contributed by atoms with van der Waals surface area (Å²) in [5, 5.41) is 2.91. The molecule has 0 aromatic heterocycles. The normalized spacial score (nSPS) is 14.3. The van der Waals surface area contributed by atoms with Crippen molar-refractivity contribution in [3.8, 4) is 0 Å². The molecule has 1 aromatic carbocycles. The van der Waals surface area contributed by atoms with Gasteiger partial charge in [0, 0.05) is 11.6 Å². The molecule has 0 aliphatic heterocycles. The molecule has 19 heavy (non-hydrogen) atoms. The van der Waals surface area contributed by atoms with Gasteiger partial charge in [0.15, 0.2) is 0 Å². The van der Waals surface area contributed by atoms with E-state index in [9.17, 15) is 13.6 Å². The van der Waals surface area contributed by atoms with Crippen molar-refractivity contribution >= 4 is 5.97 Å². The van der Waals surface area contributed by atoms with E-state index in [-0.39, 0.29) is 11.5 Å². The van der Waals surface area contributed by atoms with Gasteiger partial charge in [0.25, 0.3) is 0 Å². The molecular formula is C14H19F2NO2. The number of methoxy groups -OCH3 is 1. The second-order valence-electron chi connectivity index (χ2n) is 4.77. The topological polar surface area (TPSA) is 38.3 Å². The number of esters is 1. The summed E-state index contributed by atoms with van der Waals surface area (Å²) in [5.74, 6) is -1.76. The van der Waals surface area contributed by atoms with Gasteiger partial charge in [0.2, 0.25) is 0 Å². The lowest BCUT2D eigenvalue weighted by Gasteiger charge is -2.25. The fraction of sp³-hybridized carbons (Fsp3) is 0.500. The van der Waals surface area contributed by atoms with Gasteiger partial charge in [-0.05, 0) is 25.0 Å². The maximum Gasteiger partial charge on any atom is 0.323 e. The first-order valence-corrected chi connectivity index (χ1v) is 6.16. The average molecular weight is 271 g/mol. The van der Waals surface area contributed by atoms with Crippen LogP contribution in [0.3, 0.4) is 0 Å². The summed E-state index contributed by atoms with van der Waals surface area (Å²) in [5.41, 5.74) is -0.0722. The average Bonchev–Trinajstić information content (AvgIpc) is 2.34. The molecule has 106 valence electrons. The minimum Gasteiger partial charge on any atom is -0.468 e. The molecule has 2 atom stereocenters. The summed E-state index contributed by atoms with van der Waals surface area (Å²) in [6.07, 6.45) is 0. The number of halogens is 2. The lowest BCUT2D eigenvalue weighted by molar-refractivity contribution is -0.144. The Balaban J connectivity index is 2.94. The van der Waals surface area contributed by atoms with Crippen LogP contribution in [0.1, 0.15) is 32.4 Å². The first kappa shape index (κ1) is 15.6. The molecule has 1 rings (SSSR count). The maximum atomic E-state index is 13.6. The minimum atomic E-state index is -0.632. The van der Waals surface area contributed by atoms with Crippen LogP contribution in [-0.2, 0) is 9.53 Å². The number of carbonyl (C=O) groups excluding carboxylic acids is 1. The lowest BCUT2D eigenvalue weighted by Crippen LogP contribution is -2.43. The predicted molar refractivity (Wildman–Crippen MR) is 68.6 cm³/mol. The van der Waals surface area contributed by atoms with Gasteiger partial charge >= 0.3 is 5.97 Å². The van der Waals surface area contributed by atoms with Crippen molar-refractivity contribution in [1.82, 2.24) is 5.32 Å². The number of carbonyl (C=O) groups is 1. The summed E-state index contributed by atoms with van der Waals surface area (Å²) in [6.45, 7) is 5.28. The van der Waals surface area contributed by atoms with Crippen LogP contribution < -0.4 is 5.32 Å². The number of nitrogens with one attached hydrogen (secondary N) is 1. The van der Waals surface area contributed by atoms with Gasteiger partial charge in [-0.25, -0.2) is 8.78 Å². The molecule has 0 aliphatic rings. The van der Waals surface area contributed by atoms with Crippen molar-refractivity contribution in [2.24, 2.45) is 5.92 Å². The number of hydrogen-bond donors (Lipinski definition) is 1. The van der Waals surface area contributed by atoms with Crippen molar-refractivity contribution in [1.29, 1.82) is 0 Å². The van der Waals surface area contributed by atoms with E-state index in [2.05, 4.69) is 10.1 Å². The molecule has 0 amide bonds. The van der Waals surface area contributed by atoms with Gasteiger partial charge in [-0.3, -0.25) is 10.1 Å². The summed E-state index contributed by atoms with van der Waals surface area (Å²) >= 11 is 0. The highest BCUT2D eigenvalue weighted by atomic mass is 19.1. The summed E-state index contributed by atoms with van der Waals surface area (Å²) < 4.78 is 32.0. The van der Waals surface area contributed by atoms with E-state index in [1.54, 1.807) is 6.92 Å². The second-order valence-corrected chi connectivity index (χ2v) is 4.77. The Morgan fingerprint density at radius 2 is 1.74 bits per heavy atom. The Bertz CT molecular complexity index is 429. The molecule has 0 aliphatic carbocycles. The van der Waals surface area contributed by atoms with Gasteiger partial charge in [0.05, 0.1) is 7.11 Å². The highest BCUT2D eigenvalue weighted by Crippen LogP contribution is 2.21. The highest BCUT2D eigenvalue weighted by molar-refractivity contribution is 5.76. The van der Waals surface area contributed by atoms with E-state index < -0.39 is 29.7 Å². The van der Waals surface area contributed by atoms with Gasteiger partial charge in [0.1, 0.15) is 17.7 Å². The van der Waals surface area contributed by atoms with E-state index in [0.717, 1.165) is 0 Å². The molecule has 0 bridgehead atoms. The monoisotopic (exact) mass is 271 g/mol. The summed E-state index contributed by atoms with van der Waals surface area (Å²) in [6, 6.07) is 2.45. The van der Waals surface area contributed by atoms with Crippen LogP contribution in [0.4, 0.5) is 8.78 Å². The predicted octanol–water partition coefficient (Wildman–Crippen LogP) is 2.81. The van der Waals surface area contributed by atoms with Crippen molar-refractivity contribution < 1.29 is 18.3 Å². The summed E-state index contributed by atoms with van der Waals surface area (Å²) in [4.78, 5) is 11.6. The third-order valence-corrected chi connectivity index (χ3v) is 2.98. The third-order valence-electron chi connectivity index (χ3n) is 2.98. The van der Waals surface area contributed by atoms with Crippen LogP contribution >= 0.6 is 0 Å². The van der Waals surface area contributed by atoms with E-state index in [0.29, 0.717) is 0 Å². The zero-order valence-corrected chi connectivity index (χ0v) is 11.5. The van der Waals surface area contributed by atoms with Crippen molar-refractivity contribution in [3.63, 3.8) is 0 Å². The van der Waals surface area contributed by atoms with Crippen LogP contribution in [-0.4, -0.2) is 19.1 Å². The Morgan fingerprint density at radius 3 is 2.16 bits per heavy atom. The van der Waals surface area contributed by atoms with E-state index in [1.807, 2.05) is 13.8 Å². The molecule has 1 N–H and O–H groups in total. The molecule has 0 heterocycles. The Hall–Kier alpha value is -1.49. The standard InChI is InChI=1S/C14H19F2NO2/c1-8(2)13(14(18)19-4)17-9(3)12-10(15)6-5-7-11(12)16/h5-9,13,17H,1-4H3. The molecule has 0 radical (unpaired) electrons. The van der Waals surface area contributed by atoms with Crippen LogP contribution in [0, 0.1) is 17.6 Å². The zero-order chi connectivity index (χ0) is 14.6. The van der Waals surface area contributed by atoms with Gasteiger partial charge in [-0.1, -0.05) is 19.9 Å². The lowest BCUT2D eigenvalue weighted by atomic mass is 10.0. The van der Waals surface area contributed by atoms with Gasteiger partial charge < -0.3 is 4.74 Å². The first-order chi connectivity index (χ1) is 8.88. The van der Waals surface area contributed by atoms with Crippen molar-refractivity contribution in [2.75, 3.05) is 7.11 Å². The molecule has 1 aromatic rings. The Labute approximate surface area is 112 Å². The Morgan fingerprint density at radius 1 is 1.21 bits per heavy atom. The minimum absolute atomic E-state index is 0.0512. The second kappa shape index (κ2) is 6.61.